The van der Waals surface area contributed by atoms with E-state index in [1.165, 1.54) is 37.7 Å². The van der Waals surface area contributed by atoms with Crippen LogP contribution in [0.15, 0.2) is 6.20 Å². The molecular formula is C14H25N3O. The van der Waals surface area contributed by atoms with Crippen molar-refractivity contribution in [3.63, 3.8) is 0 Å². The number of hydrogen-bond donors (Lipinski definition) is 1. The average Bonchev–Trinajstić information content (AvgIpc) is 2.76. The van der Waals surface area contributed by atoms with Gasteiger partial charge in [-0.1, -0.05) is 12.8 Å². The third-order valence-corrected chi connectivity index (χ3v) is 3.86. The van der Waals surface area contributed by atoms with Crippen LogP contribution in [0.1, 0.15) is 43.4 Å². The molecule has 1 aromatic rings. The molecular weight excluding hydrogens is 226 g/mol. The van der Waals surface area contributed by atoms with Crippen molar-refractivity contribution in [3.8, 4) is 0 Å². The Morgan fingerprint density at radius 1 is 1.39 bits per heavy atom. The van der Waals surface area contributed by atoms with Gasteiger partial charge in [-0.2, -0.15) is 5.10 Å². The van der Waals surface area contributed by atoms with E-state index in [2.05, 4.69) is 11.3 Å². The molecule has 1 saturated heterocycles. The van der Waals surface area contributed by atoms with Gasteiger partial charge in [-0.25, -0.2) is 0 Å². The van der Waals surface area contributed by atoms with Gasteiger partial charge < -0.3 is 10.5 Å². The second kappa shape index (κ2) is 6.90. The number of aryl methyl sites for hydroxylation is 2. The van der Waals surface area contributed by atoms with Crippen LogP contribution >= 0.6 is 0 Å². The van der Waals surface area contributed by atoms with Gasteiger partial charge in [0, 0.05) is 38.1 Å². The van der Waals surface area contributed by atoms with Gasteiger partial charge in [-0.15, -0.1) is 0 Å². The highest BCUT2D eigenvalue weighted by Crippen LogP contribution is 2.20. The molecule has 1 aliphatic rings. The van der Waals surface area contributed by atoms with Crippen molar-refractivity contribution in [1.29, 1.82) is 0 Å². The first-order valence-corrected chi connectivity index (χ1v) is 7.10. The molecule has 1 aromatic heterocycles. The molecule has 0 atom stereocenters. The van der Waals surface area contributed by atoms with E-state index in [9.17, 15) is 0 Å². The third kappa shape index (κ3) is 3.82. The first-order chi connectivity index (χ1) is 8.79. The zero-order valence-corrected chi connectivity index (χ0v) is 11.4. The van der Waals surface area contributed by atoms with E-state index in [1.54, 1.807) is 0 Å². The maximum atomic E-state index is 5.65. The SMILES string of the molecule is Cc1nn(CCCCC2CCOCC2)cc1CN. The zero-order valence-electron chi connectivity index (χ0n) is 11.4. The summed E-state index contributed by atoms with van der Waals surface area (Å²) >= 11 is 0. The quantitative estimate of drug-likeness (QED) is 0.789. The molecule has 1 fully saturated rings. The van der Waals surface area contributed by atoms with Crippen LogP contribution in [0.25, 0.3) is 0 Å². The summed E-state index contributed by atoms with van der Waals surface area (Å²) < 4.78 is 7.42. The highest BCUT2D eigenvalue weighted by molar-refractivity contribution is 5.14. The standard InChI is InChI=1S/C14H25N3O/c1-12-14(10-15)11-17(16-12)7-3-2-4-13-5-8-18-9-6-13/h11,13H,2-10,15H2,1H3. The van der Waals surface area contributed by atoms with Gasteiger partial charge in [0.05, 0.1) is 5.69 Å². The van der Waals surface area contributed by atoms with E-state index >= 15 is 0 Å². The third-order valence-electron chi connectivity index (χ3n) is 3.86. The molecule has 0 saturated carbocycles. The lowest BCUT2D eigenvalue weighted by molar-refractivity contribution is 0.0630. The zero-order chi connectivity index (χ0) is 12.8. The molecule has 102 valence electrons. The van der Waals surface area contributed by atoms with Crippen molar-refractivity contribution in [2.75, 3.05) is 13.2 Å². The molecule has 18 heavy (non-hydrogen) atoms. The Kier molecular flexibility index (Phi) is 5.20. The second-order valence-corrected chi connectivity index (χ2v) is 5.26. The molecule has 1 aliphatic heterocycles. The molecule has 0 spiro atoms. The van der Waals surface area contributed by atoms with Gasteiger partial charge in [0.1, 0.15) is 0 Å². The average molecular weight is 251 g/mol. The maximum Gasteiger partial charge on any atom is 0.0638 e. The largest absolute Gasteiger partial charge is 0.381 e. The monoisotopic (exact) mass is 251 g/mol. The molecule has 0 aliphatic carbocycles. The number of rotatable bonds is 6. The maximum absolute atomic E-state index is 5.65. The van der Waals surface area contributed by atoms with E-state index in [-0.39, 0.29) is 0 Å². The van der Waals surface area contributed by atoms with Gasteiger partial charge in [0.15, 0.2) is 0 Å². The molecule has 4 heteroatoms. The first-order valence-electron chi connectivity index (χ1n) is 7.10. The highest BCUT2D eigenvalue weighted by Gasteiger charge is 2.12. The van der Waals surface area contributed by atoms with Crippen LogP contribution in [0, 0.1) is 12.8 Å². The highest BCUT2D eigenvalue weighted by atomic mass is 16.5. The normalized spacial score (nSPS) is 17.2. The van der Waals surface area contributed by atoms with Crippen molar-refractivity contribution >= 4 is 0 Å². The Balaban J connectivity index is 1.65. The van der Waals surface area contributed by atoms with Crippen LogP contribution in [0.2, 0.25) is 0 Å². The van der Waals surface area contributed by atoms with Crippen molar-refractivity contribution < 1.29 is 4.74 Å². The fourth-order valence-electron chi connectivity index (χ4n) is 2.62. The number of aromatic nitrogens is 2. The second-order valence-electron chi connectivity index (χ2n) is 5.26. The predicted molar refractivity (Wildman–Crippen MR) is 72.2 cm³/mol. The molecule has 0 unspecified atom stereocenters. The number of nitrogens with zero attached hydrogens (tertiary/aromatic N) is 2. The minimum Gasteiger partial charge on any atom is -0.381 e. The Morgan fingerprint density at radius 2 is 2.17 bits per heavy atom. The van der Waals surface area contributed by atoms with Crippen LogP contribution in [-0.4, -0.2) is 23.0 Å². The smallest absolute Gasteiger partial charge is 0.0638 e. The summed E-state index contributed by atoms with van der Waals surface area (Å²) in [6, 6.07) is 0. The number of unbranched alkanes of at least 4 members (excludes halogenated alkanes) is 1. The first kappa shape index (κ1) is 13.6. The van der Waals surface area contributed by atoms with Crippen molar-refractivity contribution in [1.82, 2.24) is 9.78 Å². The van der Waals surface area contributed by atoms with E-state index in [1.807, 2.05) is 11.6 Å². The Morgan fingerprint density at radius 3 is 2.83 bits per heavy atom. The Hall–Kier alpha value is -0.870. The minimum absolute atomic E-state index is 0.591. The topological polar surface area (TPSA) is 53.1 Å². The molecule has 0 amide bonds. The lowest BCUT2D eigenvalue weighted by atomic mass is 9.94. The lowest BCUT2D eigenvalue weighted by Crippen LogP contribution is -2.15. The molecule has 0 radical (unpaired) electrons. The summed E-state index contributed by atoms with van der Waals surface area (Å²) in [7, 11) is 0. The number of ether oxygens (including phenoxy) is 1. The van der Waals surface area contributed by atoms with Crippen LogP contribution < -0.4 is 5.73 Å². The van der Waals surface area contributed by atoms with Crippen LogP contribution in [0.3, 0.4) is 0 Å². The summed E-state index contributed by atoms with van der Waals surface area (Å²) in [6.07, 6.45) is 8.43. The van der Waals surface area contributed by atoms with Gasteiger partial charge in [0.25, 0.3) is 0 Å². The molecule has 0 bridgehead atoms. The van der Waals surface area contributed by atoms with Crippen LogP contribution in [-0.2, 0) is 17.8 Å². The van der Waals surface area contributed by atoms with Gasteiger partial charge in [-0.3, -0.25) is 4.68 Å². The van der Waals surface area contributed by atoms with E-state index in [0.717, 1.165) is 31.4 Å². The summed E-state index contributed by atoms with van der Waals surface area (Å²) in [5.74, 6) is 0.887. The fourth-order valence-corrected chi connectivity index (χ4v) is 2.62. The molecule has 2 heterocycles. The summed E-state index contributed by atoms with van der Waals surface area (Å²) in [4.78, 5) is 0. The molecule has 4 nitrogen and oxygen atoms in total. The molecule has 2 rings (SSSR count). The fraction of sp³-hybridized carbons (Fsp3) is 0.786. The summed E-state index contributed by atoms with van der Waals surface area (Å²) in [5.41, 5.74) is 7.89. The van der Waals surface area contributed by atoms with E-state index < -0.39 is 0 Å². The van der Waals surface area contributed by atoms with Crippen molar-refractivity contribution in [2.24, 2.45) is 11.7 Å². The molecule has 2 N–H and O–H groups in total. The van der Waals surface area contributed by atoms with Gasteiger partial charge in [-0.05, 0) is 32.1 Å². The van der Waals surface area contributed by atoms with Gasteiger partial charge in [0.2, 0.25) is 0 Å². The summed E-state index contributed by atoms with van der Waals surface area (Å²) in [5, 5.41) is 4.48. The van der Waals surface area contributed by atoms with E-state index in [4.69, 9.17) is 10.5 Å². The molecule has 0 aromatic carbocycles. The van der Waals surface area contributed by atoms with Crippen LogP contribution in [0.4, 0.5) is 0 Å². The van der Waals surface area contributed by atoms with Gasteiger partial charge >= 0.3 is 0 Å². The minimum atomic E-state index is 0.591. The van der Waals surface area contributed by atoms with Crippen LogP contribution in [0.5, 0.6) is 0 Å². The summed E-state index contributed by atoms with van der Waals surface area (Å²) in [6.45, 7) is 5.56. The van der Waals surface area contributed by atoms with Crippen molar-refractivity contribution in [2.45, 2.75) is 52.1 Å². The Bertz CT molecular complexity index is 356. The van der Waals surface area contributed by atoms with E-state index in [0.29, 0.717) is 6.54 Å². The lowest BCUT2D eigenvalue weighted by Gasteiger charge is -2.21. The number of nitrogens with two attached hydrogens (primary N) is 1. The number of hydrogen-bond acceptors (Lipinski definition) is 3. The Labute approximate surface area is 110 Å². The van der Waals surface area contributed by atoms with Crippen molar-refractivity contribution in [3.05, 3.63) is 17.5 Å². The predicted octanol–water partition coefficient (Wildman–Crippen LogP) is 2.25.